The number of piperidine rings is 1. The highest BCUT2D eigenvalue weighted by Gasteiger charge is 2.29. The van der Waals surface area contributed by atoms with E-state index in [0.29, 0.717) is 31.3 Å². The standard InChI is InChI=1S/C19H22N2O4S/c22-26(23,18-10-4-9-17-19(18)25-13-12-24-17)20-15-6-5-11-21(14-15)16-7-2-1-3-8-16/h1-4,7-10,15,20H,5-6,11-14H2. The van der Waals surface area contributed by atoms with Gasteiger partial charge in [-0.2, -0.15) is 0 Å². The van der Waals surface area contributed by atoms with Gasteiger partial charge in [0, 0.05) is 24.8 Å². The maximum absolute atomic E-state index is 13.0. The second-order valence-corrected chi connectivity index (χ2v) is 8.20. The summed E-state index contributed by atoms with van der Waals surface area (Å²) >= 11 is 0. The van der Waals surface area contributed by atoms with Gasteiger partial charge in [-0.1, -0.05) is 24.3 Å². The van der Waals surface area contributed by atoms with Crippen molar-refractivity contribution in [2.75, 3.05) is 31.2 Å². The molecule has 1 atom stereocenters. The zero-order chi connectivity index (χ0) is 18.0. The SMILES string of the molecule is O=S(=O)(NC1CCCN(c2ccccc2)C1)c1cccc2c1OCCO2. The van der Waals surface area contributed by atoms with Gasteiger partial charge >= 0.3 is 0 Å². The van der Waals surface area contributed by atoms with E-state index in [2.05, 4.69) is 21.8 Å². The molecular formula is C19H22N2O4S. The summed E-state index contributed by atoms with van der Waals surface area (Å²) in [4.78, 5) is 2.36. The molecule has 0 aromatic heterocycles. The zero-order valence-corrected chi connectivity index (χ0v) is 15.2. The highest BCUT2D eigenvalue weighted by atomic mass is 32.2. The van der Waals surface area contributed by atoms with E-state index in [-0.39, 0.29) is 10.9 Å². The minimum absolute atomic E-state index is 0.144. The van der Waals surface area contributed by atoms with Crippen LogP contribution in [0.2, 0.25) is 0 Å². The van der Waals surface area contributed by atoms with Gasteiger partial charge in [-0.25, -0.2) is 13.1 Å². The summed E-state index contributed by atoms with van der Waals surface area (Å²) in [6, 6.07) is 14.9. The van der Waals surface area contributed by atoms with Crippen molar-refractivity contribution in [3.8, 4) is 11.5 Å². The number of para-hydroxylation sites is 2. The fourth-order valence-electron chi connectivity index (χ4n) is 3.49. The molecule has 2 heterocycles. The van der Waals surface area contributed by atoms with E-state index in [0.717, 1.165) is 25.1 Å². The van der Waals surface area contributed by atoms with Gasteiger partial charge < -0.3 is 14.4 Å². The molecule has 138 valence electrons. The topological polar surface area (TPSA) is 67.9 Å². The van der Waals surface area contributed by atoms with Gasteiger partial charge in [-0.3, -0.25) is 0 Å². The van der Waals surface area contributed by atoms with Gasteiger partial charge in [0.15, 0.2) is 11.5 Å². The lowest BCUT2D eigenvalue weighted by Gasteiger charge is -2.34. The van der Waals surface area contributed by atoms with E-state index < -0.39 is 10.0 Å². The van der Waals surface area contributed by atoms with Crippen LogP contribution in [0, 0.1) is 0 Å². The predicted octanol–water partition coefficient (Wildman–Crippen LogP) is 2.41. The average molecular weight is 374 g/mol. The summed E-state index contributed by atoms with van der Waals surface area (Å²) < 4.78 is 39.8. The molecule has 2 aliphatic rings. The van der Waals surface area contributed by atoms with E-state index in [1.807, 2.05) is 18.2 Å². The zero-order valence-electron chi connectivity index (χ0n) is 14.4. The Morgan fingerprint density at radius 3 is 2.65 bits per heavy atom. The molecule has 0 saturated carbocycles. The molecule has 0 spiro atoms. The quantitative estimate of drug-likeness (QED) is 0.890. The fraction of sp³-hybridized carbons (Fsp3) is 0.368. The van der Waals surface area contributed by atoms with Gasteiger partial charge in [0.25, 0.3) is 0 Å². The van der Waals surface area contributed by atoms with Crippen LogP contribution in [-0.4, -0.2) is 40.8 Å². The molecule has 2 aromatic carbocycles. The Morgan fingerprint density at radius 1 is 1.00 bits per heavy atom. The second kappa shape index (κ2) is 7.17. The minimum Gasteiger partial charge on any atom is -0.486 e. The van der Waals surface area contributed by atoms with Crippen molar-refractivity contribution in [1.82, 2.24) is 4.72 Å². The van der Waals surface area contributed by atoms with Crippen LogP contribution in [0.5, 0.6) is 11.5 Å². The van der Waals surface area contributed by atoms with Crippen molar-refractivity contribution in [3.05, 3.63) is 48.5 Å². The van der Waals surface area contributed by atoms with Crippen LogP contribution in [0.1, 0.15) is 12.8 Å². The van der Waals surface area contributed by atoms with Crippen LogP contribution < -0.4 is 19.1 Å². The Morgan fingerprint density at radius 2 is 1.81 bits per heavy atom. The van der Waals surface area contributed by atoms with Gasteiger partial charge in [-0.15, -0.1) is 0 Å². The van der Waals surface area contributed by atoms with Crippen molar-refractivity contribution in [3.63, 3.8) is 0 Å². The largest absolute Gasteiger partial charge is 0.486 e. The number of anilines is 1. The number of nitrogens with one attached hydrogen (secondary N) is 1. The molecule has 26 heavy (non-hydrogen) atoms. The van der Waals surface area contributed by atoms with Crippen LogP contribution >= 0.6 is 0 Å². The van der Waals surface area contributed by atoms with Crippen molar-refractivity contribution in [1.29, 1.82) is 0 Å². The van der Waals surface area contributed by atoms with Crippen LogP contribution in [0.15, 0.2) is 53.4 Å². The van der Waals surface area contributed by atoms with Gasteiger partial charge in [0.1, 0.15) is 18.1 Å². The molecule has 0 bridgehead atoms. The fourth-order valence-corrected chi connectivity index (χ4v) is 4.91. The number of hydrogen-bond donors (Lipinski definition) is 1. The summed E-state index contributed by atoms with van der Waals surface area (Å²) in [5.41, 5.74) is 1.12. The van der Waals surface area contributed by atoms with E-state index in [1.54, 1.807) is 18.2 Å². The lowest BCUT2D eigenvalue weighted by atomic mass is 10.1. The smallest absolute Gasteiger partial charge is 0.244 e. The molecular weight excluding hydrogens is 352 g/mol. The summed E-state index contributed by atoms with van der Waals surface area (Å²) in [5, 5.41) is 0. The first-order chi connectivity index (χ1) is 12.6. The third kappa shape index (κ3) is 3.50. The number of nitrogens with zero attached hydrogens (tertiary/aromatic N) is 1. The van der Waals surface area contributed by atoms with Crippen molar-refractivity contribution >= 4 is 15.7 Å². The van der Waals surface area contributed by atoms with E-state index in [4.69, 9.17) is 9.47 Å². The van der Waals surface area contributed by atoms with Gasteiger partial charge in [0.05, 0.1) is 0 Å². The number of sulfonamides is 1. The Balaban J connectivity index is 1.53. The summed E-state index contributed by atoms with van der Waals surface area (Å²) in [7, 11) is -3.69. The first kappa shape index (κ1) is 17.2. The Hall–Kier alpha value is -2.25. The molecule has 2 aliphatic heterocycles. The molecule has 0 aliphatic carbocycles. The molecule has 1 N–H and O–H groups in total. The lowest BCUT2D eigenvalue weighted by molar-refractivity contribution is 0.167. The Labute approximate surface area is 153 Å². The van der Waals surface area contributed by atoms with Gasteiger partial charge in [-0.05, 0) is 37.1 Å². The van der Waals surface area contributed by atoms with E-state index in [1.165, 1.54) is 0 Å². The van der Waals surface area contributed by atoms with Crippen molar-refractivity contribution in [2.45, 2.75) is 23.8 Å². The minimum atomic E-state index is -3.69. The van der Waals surface area contributed by atoms with Crippen molar-refractivity contribution in [2.24, 2.45) is 0 Å². The Bertz CT molecular complexity index is 870. The number of fused-ring (bicyclic) bond motifs is 1. The normalized spacial score (nSPS) is 20.0. The summed E-state index contributed by atoms with van der Waals surface area (Å²) in [6.07, 6.45) is 1.75. The molecule has 0 amide bonds. The first-order valence-corrected chi connectivity index (χ1v) is 10.3. The highest BCUT2D eigenvalue weighted by molar-refractivity contribution is 7.89. The van der Waals surface area contributed by atoms with Crippen LogP contribution in [0.25, 0.3) is 0 Å². The van der Waals surface area contributed by atoms with Gasteiger partial charge in [0.2, 0.25) is 10.0 Å². The molecule has 7 heteroatoms. The summed E-state index contributed by atoms with van der Waals surface area (Å²) in [5.74, 6) is 0.788. The predicted molar refractivity (Wildman–Crippen MR) is 99.4 cm³/mol. The second-order valence-electron chi connectivity index (χ2n) is 6.52. The molecule has 1 fully saturated rings. The lowest BCUT2D eigenvalue weighted by Crippen LogP contribution is -2.47. The molecule has 1 unspecified atom stereocenters. The van der Waals surface area contributed by atoms with Crippen LogP contribution in [0.3, 0.4) is 0 Å². The monoisotopic (exact) mass is 374 g/mol. The molecule has 6 nitrogen and oxygen atoms in total. The summed E-state index contributed by atoms with van der Waals surface area (Å²) in [6.45, 7) is 2.36. The number of hydrogen-bond acceptors (Lipinski definition) is 5. The molecule has 1 saturated heterocycles. The Kier molecular flexibility index (Phi) is 4.74. The molecule has 2 aromatic rings. The molecule has 4 rings (SSSR count). The maximum atomic E-state index is 13.0. The number of rotatable bonds is 4. The third-order valence-electron chi connectivity index (χ3n) is 4.68. The average Bonchev–Trinajstić information content (AvgIpc) is 2.68. The number of ether oxygens (including phenoxy) is 2. The third-order valence-corrected chi connectivity index (χ3v) is 6.23. The number of benzene rings is 2. The van der Waals surface area contributed by atoms with E-state index >= 15 is 0 Å². The first-order valence-electron chi connectivity index (χ1n) is 8.84. The van der Waals surface area contributed by atoms with E-state index in [9.17, 15) is 8.42 Å². The maximum Gasteiger partial charge on any atom is 0.244 e. The highest BCUT2D eigenvalue weighted by Crippen LogP contribution is 2.36. The van der Waals surface area contributed by atoms with Crippen molar-refractivity contribution < 1.29 is 17.9 Å². The van der Waals surface area contributed by atoms with Crippen LogP contribution in [0.4, 0.5) is 5.69 Å². The van der Waals surface area contributed by atoms with Crippen LogP contribution in [-0.2, 0) is 10.0 Å². The molecule has 0 radical (unpaired) electrons.